The lowest BCUT2D eigenvalue weighted by Gasteiger charge is -2.30. The number of nitrogens with zero attached hydrogens (tertiary/aromatic N) is 3. The Morgan fingerprint density at radius 2 is 1.80 bits per heavy atom. The summed E-state index contributed by atoms with van der Waals surface area (Å²) < 4.78 is 5.56. The van der Waals surface area contributed by atoms with Crippen molar-refractivity contribution < 1.29 is 9.53 Å². The third-order valence-corrected chi connectivity index (χ3v) is 5.59. The van der Waals surface area contributed by atoms with Gasteiger partial charge in [-0.05, 0) is 32.4 Å². The number of hydrogen-bond donors (Lipinski definition) is 1. The van der Waals surface area contributed by atoms with E-state index in [9.17, 15) is 4.79 Å². The second kappa shape index (κ2) is 5.87. The van der Waals surface area contributed by atoms with E-state index in [1.165, 1.54) is 5.56 Å². The molecular weight excluding hydrogens is 316 g/mol. The van der Waals surface area contributed by atoms with Gasteiger partial charge in [-0.3, -0.25) is 4.90 Å². The van der Waals surface area contributed by atoms with Crippen molar-refractivity contribution in [1.29, 1.82) is 0 Å². The average Bonchev–Trinajstić information content (AvgIpc) is 2.84. The topological polar surface area (TPSA) is 71.7 Å². The fraction of sp³-hybridized carbons (Fsp3) is 0.684. The molecule has 2 fully saturated rings. The zero-order valence-electron chi connectivity index (χ0n) is 16.0. The molecule has 2 aliphatic rings. The number of ether oxygens (including phenoxy) is 1. The number of amides is 1. The van der Waals surface area contributed by atoms with E-state index < -0.39 is 5.60 Å². The van der Waals surface area contributed by atoms with Crippen molar-refractivity contribution in [2.45, 2.75) is 46.8 Å². The fourth-order valence-electron chi connectivity index (χ4n) is 4.16. The van der Waals surface area contributed by atoms with Gasteiger partial charge in [0.1, 0.15) is 11.4 Å². The van der Waals surface area contributed by atoms with Gasteiger partial charge in [0.2, 0.25) is 0 Å². The highest BCUT2D eigenvalue weighted by Crippen LogP contribution is 2.51. The number of fused-ring (bicyclic) bond motifs is 1. The van der Waals surface area contributed by atoms with Gasteiger partial charge in [-0.15, -0.1) is 0 Å². The molecule has 0 bridgehead atoms. The van der Waals surface area contributed by atoms with Crippen LogP contribution >= 0.6 is 0 Å². The minimum atomic E-state index is -0.454. The van der Waals surface area contributed by atoms with Crippen LogP contribution in [0.3, 0.4) is 0 Å². The normalized spacial score (nSPS) is 29.7. The van der Waals surface area contributed by atoms with Crippen molar-refractivity contribution in [1.82, 2.24) is 14.8 Å². The summed E-state index contributed by atoms with van der Waals surface area (Å²) >= 11 is 0. The van der Waals surface area contributed by atoms with Crippen LogP contribution in [0.4, 0.5) is 10.6 Å². The number of carbonyl (C=O) groups is 1. The van der Waals surface area contributed by atoms with E-state index >= 15 is 0 Å². The van der Waals surface area contributed by atoms with E-state index in [0.717, 1.165) is 32.7 Å². The average molecular weight is 346 g/mol. The predicted octanol–water partition coefficient (Wildman–Crippen LogP) is 2.74. The van der Waals surface area contributed by atoms with Crippen LogP contribution in [-0.4, -0.2) is 52.7 Å². The number of likely N-dealkylation sites (tertiary alicyclic amines) is 2. The lowest BCUT2D eigenvalue weighted by atomic mass is 9.71. The van der Waals surface area contributed by atoms with Crippen LogP contribution in [0.1, 0.15) is 40.2 Å². The molecule has 2 atom stereocenters. The maximum Gasteiger partial charge on any atom is 0.410 e. The highest BCUT2D eigenvalue weighted by molar-refractivity contribution is 5.69. The molecule has 0 unspecified atom stereocenters. The predicted molar refractivity (Wildman–Crippen MR) is 97.9 cm³/mol. The number of rotatable bonds is 2. The molecule has 0 radical (unpaired) electrons. The molecule has 0 aromatic carbocycles. The molecule has 2 saturated heterocycles. The van der Waals surface area contributed by atoms with E-state index in [-0.39, 0.29) is 16.9 Å². The lowest BCUT2D eigenvalue weighted by molar-refractivity contribution is 0.0256. The molecule has 3 heterocycles. The summed E-state index contributed by atoms with van der Waals surface area (Å²) in [5.74, 6) is 0.550. The summed E-state index contributed by atoms with van der Waals surface area (Å²) in [4.78, 5) is 21.0. The van der Waals surface area contributed by atoms with Crippen molar-refractivity contribution >= 4 is 11.9 Å². The van der Waals surface area contributed by atoms with E-state index in [1.54, 1.807) is 0 Å². The van der Waals surface area contributed by atoms with Crippen LogP contribution < -0.4 is 5.73 Å². The fourth-order valence-corrected chi connectivity index (χ4v) is 4.16. The van der Waals surface area contributed by atoms with Gasteiger partial charge >= 0.3 is 6.09 Å². The maximum absolute atomic E-state index is 12.5. The summed E-state index contributed by atoms with van der Waals surface area (Å²) in [6.45, 7) is 14.6. The van der Waals surface area contributed by atoms with Gasteiger partial charge in [0.25, 0.3) is 0 Å². The Kier molecular flexibility index (Phi) is 4.22. The van der Waals surface area contributed by atoms with Crippen molar-refractivity contribution in [3.8, 4) is 0 Å². The molecule has 6 heteroatoms. The smallest absolute Gasteiger partial charge is 0.410 e. The largest absolute Gasteiger partial charge is 0.444 e. The molecule has 1 aromatic rings. The Hall–Kier alpha value is -1.82. The first-order valence-corrected chi connectivity index (χ1v) is 8.90. The molecule has 6 nitrogen and oxygen atoms in total. The quantitative estimate of drug-likeness (QED) is 0.891. The van der Waals surface area contributed by atoms with Crippen LogP contribution in [0, 0.1) is 10.8 Å². The second-order valence-corrected chi connectivity index (χ2v) is 9.19. The summed E-state index contributed by atoms with van der Waals surface area (Å²) in [5, 5.41) is 0. The van der Waals surface area contributed by atoms with E-state index in [0.29, 0.717) is 5.82 Å². The Morgan fingerprint density at radius 1 is 1.20 bits per heavy atom. The highest BCUT2D eigenvalue weighted by atomic mass is 16.6. The van der Waals surface area contributed by atoms with Crippen LogP contribution in [-0.2, 0) is 11.3 Å². The summed E-state index contributed by atoms with van der Waals surface area (Å²) in [6.07, 6.45) is 1.65. The first-order valence-electron chi connectivity index (χ1n) is 8.90. The minimum Gasteiger partial charge on any atom is -0.444 e. The molecule has 1 aromatic heterocycles. The molecule has 25 heavy (non-hydrogen) atoms. The van der Waals surface area contributed by atoms with Gasteiger partial charge in [0, 0.05) is 49.8 Å². The summed E-state index contributed by atoms with van der Waals surface area (Å²) in [7, 11) is 0. The highest BCUT2D eigenvalue weighted by Gasteiger charge is 2.58. The molecule has 0 spiro atoms. The second-order valence-electron chi connectivity index (χ2n) is 9.19. The van der Waals surface area contributed by atoms with E-state index in [1.807, 2.05) is 44.0 Å². The van der Waals surface area contributed by atoms with Gasteiger partial charge in [0.15, 0.2) is 0 Å². The molecule has 3 rings (SSSR count). The number of nitrogens with two attached hydrogens (primary N) is 1. The molecule has 2 aliphatic heterocycles. The minimum absolute atomic E-state index is 0.0745. The SMILES string of the molecule is CC(C)(C)OC(=O)N1C[C@]2(C)CN(Cc3ccc(N)nc3)C[C@]2(C)C1. The number of pyridine rings is 1. The van der Waals surface area contributed by atoms with Crippen LogP contribution in [0.5, 0.6) is 0 Å². The third-order valence-electron chi connectivity index (χ3n) is 5.59. The van der Waals surface area contributed by atoms with E-state index in [2.05, 4.69) is 23.7 Å². The Morgan fingerprint density at radius 3 is 2.28 bits per heavy atom. The molecular formula is C19H30N4O2. The molecule has 0 aliphatic carbocycles. The molecule has 0 saturated carbocycles. The Labute approximate surface area is 150 Å². The van der Waals surface area contributed by atoms with Crippen molar-refractivity contribution in [2.75, 3.05) is 31.9 Å². The Balaban J connectivity index is 1.66. The van der Waals surface area contributed by atoms with Crippen LogP contribution in [0.15, 0.2) is 18.3 Å². The number of hydrogen-bond acceptors (Lipinski definition) is 5. The first kappa shape index (κ1) is 18.0. The molecule has 2 N–H and O–H groups in total. The van der Waals surface area contributed by atoms with Crippen molar-refractivity contribution in [3.05, 3.63) is 23.9 Å². The summed E-state index contributed by atoms with van der Waals surface area (Å²) in [6, 6.07) is 3.88. The van der Waals surface area contributed by atoms with Gasteiger partial charge in [0.05, 0.1) is 0 Å². The van der Waals surface area contributed by atoms with Crippen LogP contribution in [0.2, 0.25) is 0 Å². The zero-order valence-corrected chi connectivity index (χ0v) is 16.0. The number of carbonyl (C=O) groups excluding carboxylic acids is 1. The monoisotopic (exact) mass is 346 g/mol. The van der Waals surface area contributed by atoms with Gasteiger partial charge in [-0.25, -0.2) is 9.78 Å². The first-order chi connectivity index (χ1) is 11.5. The van der Waals surface area contributed by atoms with Crippen LogP contribution in [0.25, 0.3) is 0 Å². The zero-order chi connectivity index (χ0) is 18.5. The third kappa shape index (κ3) is 3.59. The standard InChI is InChI=1S/C19H30N4O2/c1-17(2,3)25-16(24)23-12-18(4)10-22(11-19(18,5)13-23)9-14-6-7-15(20)21-8-14/h6-8H,9-13H2,1-5H3,(H2,20,21)/t18-,19+. The molecule has 138 valence electrons. The van der Waals surface area contributed by atoms with E-state index in [4.69, 9.17) is 10.5 Å². The lowest BCUT2D eigenvalue weighted by Crippen LogP contribution is -2.39. The maximum atomic E-state index is 12.5. The number of anilines is 1. The van der Waals surface area contributed by atoms with Gasteiger partial charge in [-0.1, -0.05) is 19.9 Å². The molecule has 1 amide bonds. The van der Waals surface area contributed by atoms with Crippen molar-refractivity contribution in [2.24, 2.45) is 10.8 Å². The summed E-state index contributed by atoms with van der Waals surface area (Å²) in [5.41, 5.74) is 6.53. The Bertz CT molecular complexity index is 634. The number of nitrogen functional groups attached to an aromatic ring is 1. The van der Waals surface area contributed by atoms with Crippen molar-refractivity contribution in [3.63, 3.8) is 0 Å². The number of aromatic nitrogens is 1. The van der Waals surface area contributed by atoms with Gasteiger partial charge < -0.3 is 15.4 Å². The van der Waals surface area contributed by atoms with Gasteiger partial charge in [-0.2, -0.15) is 0 Å².